The summed E-state index contributed by atoms with van der Waals surface area (Å²) in [5.74, 6) is 6.62. The van der Waals surface area contributed by atoms with E-state index in [0.29, 0.717) is 5.82 Å². The highest BCUT2D eigenvalue weighted by atomic mass is 15.3. The van der Waals surface area contributed by atoms with Crippen LogP contribution in [0.3, 0.4) is 0 Å². The summed E-state index contributed by atoms with van der Waals surface area (Å²) in [6.45, 7) is 7.32. The van der Waals surface area contributed by atoms with E-state index in [1.54, 1.807) is 6.07 Å². The van der Waals surface area contributed by atoms with Crippen molar-refractivity contribution in [3.63, 3.8) is 0 Å². The summed E-state index contributed by atoms with van der Waals surface area (Å²) in [4.78, 5) is 7.99. The van der Waals surface area contributed by atoms with Crippen molar-refractivity contribution in [3.05, 3.63) is 12.4 Å². The number of hydrogen-bond acceptors (Lipinski definition) is 5. The van der Waals surface area contributed by atoms with Gasteiger partial charge in [0.25, 0.3) is 0 Å². The molecule has 0 spiro atoms. The lowest BCUT2D eigenvalue weighted by Crippen LogP contribution is -2.20. The SMILES string of the molecule is CC(C)(C)CNc1cc(NN)ncn1. The van der Waals surface area contributed by atoms with Gasteiger partial charge in [0.2, 0.25) is 0 Å². The fourth-order valence-corrected chi connectivity index (χ4v) is 0.889. The van der Waals surface area contributed by atoms with E-state index < -0.39 is 0 Å². The van der Waals surface area contributed by atoms with Gasteiger partial charge in [-0.3, -0.25) is 0 Å². The molecule has 1 aromatic heterocycles. The van der Waals surface area contributed by atoms with E-state index in [-0.39, 0.29) is 5.41 Å². The van der Waals surface area contributed by atoms with Crippen molar-refractivity contribution in [2.75, 3.05) is 17.3 Å². The molecule has 0 unspecified atom stereocenters. The summed E-state index contributed by atoms with van der Waals surface area (Å²) in [7, 11) is 0. The van der Waals surface area contributed by atoms with Crippen molar-refractivity contribution in [2.45, 2.75) is 20.8 Å². The zero-order valence-corrected chi connectivity index (χ0v) is 8.83. The topological polar surface area (TPSA) is 75.9 Å². The highest BCUT2D eigenvalue weighted by Gasteiger charge is 2.09. The van der Waals surface area contributed by atoms with Crippen LogP contribution in [0.1, 0.15) is 20.8 Å². The fraction of sp³-hybridized carbons (Fsp3) is 0.556. The van der Waals surface area contributed by atoms with Gasteiger partial charge in [-0.25, -0.2) is 15.8 Å². The van der Waals surface area contributed by atoms with Crippen molar-refractivity contribution in [1.29, 1.82) is 0 Å². The maximum atomic E-state index is 5.23. The third-order valence-electron chi connectivity index (χ3n) is 1.61. The van der Waals surface area contributed by atoms with E-state index in [2.05, 4.69) is 41.5 Å². The lowest BCUT2D eigenvalue weighted by molar-refractivity contribution is 0.442. The number of nitrogen functional groups attached to an aromatic ring is 1. The van der Waals surface area contributed by atoms with E-state index in [1.807, 2.05) is 0 Å². The maximum absolute atomic E-state index is 5.23. The van der Waals surface area contributed by atoms with Crippen LogP contribution in [-0.2, 0) is 0 Å². The summed E-state index contributed by atoms with van der Waals surface area (Å²) in [6, 6.07) is 1.77. The van der Waals surface area contributed by atoms with Crippen LogP contribution >= 0.6 is 0 Å². The Morgan fingerprint density at radius 3 is 2.50 bits per heavy atom. The van der Waals surface area contributed by atoms with Crippen molar-refractivity contribution < 1.29 is 0 Å². The molecule has 0 amide bonds. The van der Waals surface area contributed by atoms with E-state index in [1.165, 1.54) is 6.33 Å². The van der Waals surface area contributed by atoms with Gasteiger partial charge in [0, 0.05) is 12.6 Å². The minimum absolute atomic E-state index is 0.223. The zero-order chi connectivity index (χ0) is 10.6. The molecule has 5 nitrogen and oxygen atoms in total. The molecule has 0 fully saturated rings. The van der Waals surface area contributed by atoms with Gasteiger partial charge in [0.1, 0.15) is 18.0 Å². The van der Waals surface area contributed by atoms with E-state index in [9.17, 15) is 0 Å². The van der Waals surface area contributed by atoms with Gasteiger partial charge in [-0.1, -0.05) is 20.8 Å². The monoisotopic (exact) mass is 195 g/mol. The molecule has 4 N–H and O–H groups in total. The standard InChI is InChI=1S/C9H17N5/c1-9(2,3)5-11-7-4-8(14-10)13-6-12-7/h4,6H,5,10H2,1-3H3,(H2,11,12,13,14). The van der Waals surface area contributed by atoms with Crippen molar-refractivity contribution in [1.82, 2.24) is 9.97 Å². The quantitative estimate of drug-likeness (QED) is 0.499. The molecule has 0 bridgehead atoms. The number of rotatable bonds is 3. The van der Waals surface area contributed by atoms with Gasteiger partial charge >= 0.3 is 0 Å². The Morgan fingerprint density at radius 1 is 1.29 bits per heavy atom. The summed E-state index contributed by atoms with van der Waals surface area (Å²) in [5, 5.41) is 3.21. The molecule has 0 aromatic carbocycles. The number of nitrogens with two attached hydrogens (primary N) is 1. The number of hydrogen-bond donors (Lipinski definition) is 3. The molecule has 0 aliphatic heterocycles. The molecule has 0 aliphatic rings. The minimum Gasteiger partial charge on any atom is -0.369 e. The fourth-order valence-electron chi connectivity index (χ4n) is 0.889. The maximum Gasteiger partial charge on any atom is 0.145 e. The molecule has 0 radical (unpaired) electrons. The van der Waals surface area contributed by atoms with Crippen LogP contribution in [0.4, 0.5) is 11.6 Å². The zero-order valence-electron chi connectivity index (χ0n) is 8.83. The average molecular weight is 195 g/mol. The summed E-state index contributed by atoms with van der Waals surface area (Å²) >= 11 is 0. The Morgan fingerprint density at radius 2 is 1.93 bits per heavy atom. The lowest BCUT2D eigenvalue weighted by atomic mass is 9.97. The van der Waals surface area contributed by atoms with Crippen molar-refractivity contribution in [2.24, 2.45) is 11.3 Å². The Hall–Kier alpha value is -1.36. The summed E-state index contributed by atoms with van der Waals surface area (Å²) in [5.41, 5.74) is 2.70. The van der Waals surface area contributed by atoms with Gasteiger partial charge in [-0.15, -0.1) is 0 Å². The second kappa shape index (κ2) is 4.23. The number of hydrazine groups is 1. The van der Waals surface area contributed by atoms with Crippen molar-refractivity contribution >= 4 is 11.6 Å². The predicted molar refractivity (Wildman–Crippen MR) is 57.8 cm³/mol. The van der Waals surface area contributed by atoms with Gasteiger partial charge in [-0.05, 0) is 5.41 Å². The first-order valence-electron chi connectivity index (χ1n) is 4.54. The molecule has 1 aromatic rings. The van der Waals surface area contributed by atoms with Crippen LogP contribution in [-0.4, -0.2) is 16.5 Å². The van der Waals surface area contributed by atoms with E-state index in [4.69, 9.17) is 5.84 Å². The highest BCUT2D eigenvalue weighted by Crippen LogP contribution is 2.14. The Balaban J connectivity index is 2.59. The van der Waals surface area contributed by atoms with E-state index >= 15 is 0 Å². The molecule has 0 atom stereocenters. The molecular weight excluding hydrogens is 178 g/mol. The highest BCUT2D eigenvalue weighted by molar-refractivity contribution is 5.45. The number of nitrogens with zero attached hydrogens (tertiary/aromatic N) is 2. The molecule has 0 aliphatic carbocycles. The van der Waals surface area contributed by atoms with E-state index in [0.717, 1.165) is 12.4 Å². The molecule has 0 saturated heterocycles. The Bertz CT molecular complexity index is 291. The second-order valence-corrected chi connectivity index (χ2v) is 4.35. The molecule has 1 rings (SSSR count). The largest absolute Gasteiger partial charge is 0.369 e. The van der Waals surface area contributed by atoms with Crippen LogP contribution in [0, 0.1) is 5.41 Å². The third-order valence-corrected chi connectivity index (χ3v) is 1.61. The van der Waals surface area contributed by atoms with Crippen LogP contribution in [0.25, 0.3) is 0 Å². The minimum atomic E-state index is 0.223. The van der Waals surface area contributed by atoms with Gasteiger partial charge in [0.05, 0.1) is 0 Å². The second-order valence-electron chi connectivity index (χ2n) is 4.35. The summed E-state index contributed by atoms with van der Waals surface area (Å²) < 4.78 is 0. The first kappa shape index (κ1) is 10.7. The average Bonchev–Trinajstić information content (AvgIpc) is 2.14. The Kier molecular flexibility index (Phi) is 3.24. The molecular formula is C9H17N5. The normalized spacial score (nSPS) is 11.1. The van der Waals surface area contributed by atoms with Crippen LogP contribution in [0.5, 0.6) is 0 Å². The van der Waals surface area contributed by atoms with Crippen LogP contribution < -0.4 is 16.6 Å². The molecule has 14 heavy (non-hydrogen) atoms. The summed E-state index contributed by atoms with van der Waals surface area (Å²) in [6.07, 6.45) is 1.47. The first-order valence-corrected chi connectivity index (χ1v) is 4.54. The molecule has 5 heteroatoms. The van der Waals surface area contributed by atoms with Gasteiger partial charge in [-0.2, -0.15) is 0 Å². The first-order chi connectivity index (χ1) is 6.51. The molecule has 1 heterocycles. The van der Waals surface area contributed by atoms with Gasteiger partial charge < -0.3 is 10.7 Å². The Labute approximate surface area is 84.1 Å². The third kappa shape index (κ3) is 3.57. The van der Waals surface area contributed by atoms with Crippen LogP contribution in [0.15, 0.2) is 12.4 Å². The number of nitrogens with one attached hydrogen (secondary N) is 2. The molecule has 0 saturated carbocycles. The number of anilines is 2. The van der Waals surface area contributed by atoms with Gasteiger partial charge in [0.15, 0.2) is 0 Å². The number of aromatic nitrogens is 2. The predicted octanol–water partition coefficient (Wildman–Crippen LogP) is 1.22. The smallest absolute Gasteiger partial charge is 0.145 e. The molecule has 78 valence electrons. The lowest BCUT2D eigenvalue weighted by Gasteiger charge is -2.19. The van der Waals surface area contributed by atoms with Crippen LogP contribution in [0.2, 0.25) is 0 Å². The van der Waals surface area contributed by atoms with Crippen molar-refractivity contribution in [3.8, 4) is 0 Å².